The van der Waals surface area contributed by atoms with Gasteiger partial charge in [-0.1, -0.05) is 6.07 Å². The maximum absolute atomic E-state index is 13.4. The van der Waals surface area contributed by atoms with Gasteiger partial charge in [-0.25, -0.2) is 13.6 Å². The minimum Gasteiger partial charge on any atom is -0.454 e. The van der Waals surface area contributed by atoms with Crippen molar-refractivity contribution >= 4 is 23.6 Å². The Bertz CT molecular complexity index is 882. The summed E-state index contributed by atoms with van der Waals surface area (Å²) in [7, 11) is 0. The fourth-order valence-electron chi connectivity index (χ4n) is 2.15. The standard InChI is InChI=1S/C18H13F2NO5/c19-12-3-4-13(20)14(8-12)21-17(22)9-24-18(23)6-2-11-1-5-15-16(7-11)26-10-25-15/h1-8H,9-10H2,(H,21,22)/b6-2+. The molecule has 0 aromatic heterocycles. The van der Waals surface area contributed by atoms with Gasteiger partial charge in [-0.3, -0.25) is 4.79 Å². The van der Waals surface area contributed by atoms with Crippen molar-refractivity contribution in [1.29, 1.82) is 0 Å². The van der Waals surface area contributed by atoms with E-state index in [1.54, 1.807) is 18.2 Å². The van der Waals surface area contributed by atoms with Crippen molar-refractivity contribution in [2.75, 3.05) is 18.7 Å². The van der Waals surface area contributed by atoms with Crippen LogP contribution in [-0.2, 0) is 14.3 Å². The summed E-state index contributed by atoms with van der Waals surface area (Å²) in [6, 6.07) is 7.74. The highest BCUT2D eigenvalue weighted by atomic mass is 19.1. The Morgan fingerprint density at radius 1 is 1.12 bits per heavy atom. The van der Waals surface area contributed by atoms with E-state index in [9.17, 15) is 18.4 Å². The lowest BCUT2D eigenvalue weighted by molar-refractivity contribution is -0.142. The first-order valence-corrected chi connectivity index (χ1v) is 7.50. The number of hydrogen-bond acceptors (Lipinski definition) is 5. The summed E-state index contributed by atoms with van der Waals surface area (Å²) in [4.78, 5) is 23.3. The average molecular weight is 361 g/mol. The lowest BCUT2D eigenvalue weighted by Crippen LogP contribution is -2.20. The van der Waals surface area contributed by atoms with Crippen molar-refractivity contribution in [2.24, 2.45) is 0 Å². The summed E-state index contributed by atoms with van der Waals surface area (Å²) in [6.45, 7) is -0.494. The van der Waals surface area contributed by atoms with Crippen LogP contribution in [0.2, 0.25) is 0 Å². The second kappa shape index (κ2) is 7.64. The van der Waals surface area contributed by atoms with Gasteiger partial charge in [0.05, 0.1) is 5.69 Å². The molecule has 1 aliphatic rings. The summed E-state index contributed by atoms with van der Waals surface area (Å²) in [5.74, 6) is -1.88. The minimum absolute atomic E-state index is 0.144. The highest BCUT2D eigenvalue weighted by Crippen LogP contribution is 2.32. The van der Waals surface area contributed by atoms with Gasteiger partial charge in [0.15, 0.2) is 18.1 Å². The first-order chi connectivity index (χ1) is 12.5. The molecular weight excluding hydrogens is 348 g/mol. The van der Waals surface area contributed by atoms with E-state index in [1.807, 2.05) is 0 Å². The Morgan fingerprint density at radius 2 is 1.92 bits per heavy atom. The van der Waals surface area contributed by atoms with Crippen molar-refractivity contribution in [3.05, 3.63) is 59.7 Å². The number of esters is 1. The van der Waals surface area contributed by atoms with Crippen LogP contribution in [0.25, 0.3) is 6.08 Å². The fraction of sp³-hybridized carbons (Fsp3) is 0.111. The molecule has 0 aliphatic carbocycles. The van der Waals surface area contributed by atoms with Crippen molar-refractivity contribution in [3.63, 3.8) is 0 Å². The van der Waals surface area contributed by atoms with Crippen molar-refractivity contribution < 1.29 is 32.6 Å². The van der Waals surface area contributed by atoms with Crippen molar-refractivity contribution in [3.8, 4) is 11.5 Å². The largest absolute Gasteiger partial charge is 0.454 e. The Hall–Kier alpha value is -3.42. The third-order valence-electron chi connectivity index (χ3n) is 3.36. The quantitative estimate of drug-likeness (QED) is 0.655. The van der Waals surface area contributed by atoms with Crippen LogP contribution in [0.1, 0.15) is 5.56 Å². The van der Waals surface area contributed by atoms with Gasteiger partial charge in [-0.05, 0) is 35.9 Å². The van der Waals surface area contributed by atoms with E-state index in [1.165, 1.54) is 6.08 Å². The lowest BCUT2D eigenvalue weighted by atomic mass is 10.2. The molecule has 26 heavy (non-hydrogen) atoms. The monoisotopic (exact) mass is 361 g/mol. The van der Waals surface area contributed by atoms with Crippen molar-refractivity contribution in [2.45, 2.75) is 0 Å². The van der Waals surface area contributed by atoms with Gasteiger partial charge >= 0.3 is 5.97 Å². The predicted octanol–water partition coefficient (Wildman–Crippen LogP) is 2.89. The summed E-state index contributed by atoms with van der Waals surface area (Å²) in [5.41, 5.74) is 0.347. The Kier molecular flexibility index (Phi) is 5.12. The first kappa shape index (κ1) is 17.4. The Morgan fingerprint density at radius 3 is 2.77 bits per heavy atom. The van der Waals surface area contributed by atoms with Crippen LogP contribution in [0, 0.1) is 11.6 Å². The molecule has 1 N–H and O–H groups in total. The molecule has 6 nitrogen and oxygen atoms in total. The molecule has 0 atom stereocenters. The molecule has 8 heteroatoms. The molecule has 1 aliphatic heterocycles. The first-order valence-electron chi connectivity index (χ1n) is 7.50. The topological polar surface area (TPSA) is 73.9 Å². The van der Waals surface area contributed by atoms with E-state index in [2.05, 4.69) is 5.32 Å². The van der Waals surface area contributed by atoms with E-state index < -0.39 is 30.1 Å². The highest BCUT2D eigenvalue weighted by Gasteiger charge is 2.13. The minimum atomic E-state index is -0.797. The van der Waals surface area contributed by atoms with Gasteiger partial charge in [-0.2, -0.15) is 0 Å². The van der Waals surface area contributed by atoms with Crippen LogP contribution < -0.4 is 14.8 Å². The fourth-order valence-corrected chi connectivity index (χ4v) is 2.15. The van der Waals surface area contributed by atoms with Gasteiger partial charge in [0, 0.05) is 12.1 Å². The Balaban J connectivity index is 1.50. The molecule has 0 spiro atoms. The summed E-state index contributed by atoms with van der Waals surface area (Å²) >= 11 is 0. The van der Waals surface area contributed by atoms with Crippen LogP contribution in [-0.4, -0.2) is 25.3 Å². The van der Waals surface area contributed by atoms with Gasteiger partial charge in [0.2, 0.25) is 6.79 Å². The molecule has 2 aromatic rings. The molecule has 0 radical (unpaired) electrons. The number of anilines is 1. The van der Waals surface area contributed by atoms with Gasteiger partial charge in [0.25, 0.3) is 5.91 Å². The average Bonchev–Trinajstić information content (AvgIpc) is 3.09. The zero-order valence-electron chi connectivity index (χ0n) is 13.3. The lowest BCUT2D eigenvalue weighted by Gasteiger charge is -2.06. The number of rotatable bonds is 5. The molecule has 2 aromatic carbocycles. The molecule has 0 saturated heterocycles. The molecule has 0 bridgehead atoms. The van der Waals surface area contributed by atoms with Gasteiger partial charge in [-0.15, -0.1) is 0 Å². The molecule has 1 amide bonds. The molecule has 0 fully saturated rings. The van der Waals surface area contributed by atoms with Crippen LogP contribution >= 0.6 is 0 Å². The van der Waals surface area contributed by atoms with Crippen LogP contribution in [0.3, 0.4) is 0 Å². The maximum Gasteiger partial charge on any atom is 0.331 e. The number of amides is 1. The number of hydrogen-bond donors (Lipinski definition) is 1. The van der Waals surface area contributed by atoms with Crippen LogP contribution in [0.5, 0.6) is 11.5 Å². The molecule has 3 rings (SSSR count). The van der Waals surface area contributed by atoms with E-state index in [0.29, 0.717) is 17.1 Å². The van der Waals surface area contributed by atoms with E-state index >= 15 is 0 Å². The molecule has 0 saturated carbocycles. The second-order valence-corrected chi connectivity index (χ2v) is 5.23. The summed E-state index contributed by atoms with van der Waals surface area (Å²) in [5, 5.41) is 2.12. The highest BCUT2D eigenvalue weighted by molar-refractivity contribution is 5.94. The van der Waals surface area contributed by atoms with E-state index in [4.69, 9.17) is 14.2 Å². The Labute approximate surface area is 147 Å². The smallest absolute Gasteiger partial charge is 0.331 e. The zero-order chi connectivity index (χ0) is 18.5. The molecule has 0 unspecified atom stereocenters. The van der Waals surface area contributed by atoms with E-state index in [0.717, 1.165) is 24.3 Å². The van der Waals surface area contributed by atoms with Gasteiger partial charge in [0.1, 0.15) is 11.6 Å². The van der Waals surface area contributed by atoms with E-state index in [-0.39, 0.29) is 12.5 Å². The third kappa shape index (κ3) is 4.35. The third-order valence-corrected chi connectivity index (χ3v) is 3.36. The number of carbonyl (C=O) groups excluding carboxylic acids is 2. The number of halogens is 2. The molecule has 134 valence electrons. The summed E-state index contributed by atoms with van der Waals surface area (Å²) in [6.07, 6.45) is 2.61. The number of nitrogens with one attached hydrogen (secondary N) is 1. The second-order valence-electron chi connectivity index (χ2n) is 5.23. The SMILES string of the molecule is O=C(COC(=O)/C=C/c1ccc2c(c1)OCO2)Nc1cc(F)ccc1F. The zero-order valence-corrected chi connectivity index (χ0v) is 13.3. The van der Waals surface area contributed by atoms with Crippen molar-refractivity contribution in [1.82, 2.24) is 0 Å². The van der Waals surface area contributed by atoms with Gasteiger partial charge < -0.3 is 19.5 Å². The molecular formula is C18H13F2NO5. The molecule has 1 heterocycles. The number of carbonyl (C=O) groups is 2. The number of fused-ring (bicyclic) bond motifs is 1. The van der Waals surface area contributed by atoms with Crippen LogP contribution in [0.15, 0.2) is 42.5 Å². The number of ether oxygens (including phenoxy) is 3. The number of benzene rings is 2. The maximum atomic E-state index is 13.4. The predicted molar refractivity (Wildman–Crippen MR) is 87.5 cm³/mol. The normalized spacial score (nSPS) is 12.2. The van der Waals surface area contributed by atoms with Crippen LogP contribution in [0.4, 0.5) is 14.5 Å². The summed E-state index contributed by atoms with van der Waals surface area (Å²) < 4.78 is 41.6.